The van der Waals surface area contributed by atoms with Crippen molar-refractivity contribution >= 4 is 27.8 Å². The van der Waals surface area contributed by atoms with Crippen LogP contribution in [0, 0.1) is 5.92 Å². The van der Waals surface area contributed by atoms with Gasteiger partial charge in [0.25, 0.3) is 0 Å². The van der Waals surface area contributed by atoms with Gasteiger partial charge in [0.15, 0.2) is 0 Å². The van der Waals surface area contributed by atoms with E-state index >= 15 is 0 Å². The highest BCUT2D eigenvalue weighted by Gasteiger charge is 2.37. The number of carbonyl (C=O) groups is 1. The Hall–Kier alpha value is -3.60. The van der Waals surface area contributed by atoms with E-state index < -0.39 is 17.2 Å². The average Bonchev–Trinajstić information content (AvgIpc) is 2.80. The predicted molar refractivity (Wildman–Crippen MR) is 141 cm³/mol. The molecular weight excluding hydrogens is 436 g/mol. The van der Waals surface area contributed by atoms with E-state index in [1.807, 2.05) is 57.3 Å². The molecule has 1 aromatic heterocycles. The second kappa shape index (κ2) is 8.88. The lowest BCUT2D eigenvalue weighted by Crippen LogP contribution is -2.55. The van der Waals surface area contributed by atoms with Crippen LogP contribution in [0.15, 0.2) is 72.9 Å². The third-order valence-corrected chi connectivity index (χ3v) is 6.78. The Morgan fingerprint density at radius 3 is 2.40 bits per heavy atom. The normalized spacial score (nSPS) is 22.2. The molecule has 0 radical (unpaired) electrons. The second-order valence-electron chi connectivity index (χ2n) is 10.7. The maximum atomic E-state index is 12.5. The van der Waals surface area contributed by atoms with E-state index in [9.17, 15) is 4.79 Å². The molecule has 1 N–H and O–H groups in total. The van der Waals surface area contributed by atoms with Gasteiger partial charge in [-0.25, -0.2) is 4.79 Å². The van der Waals surface area contributed by atoms with Gasteiger partial charge in [0.2, 0.25) is 0 Å². The van der Waals surface area contributed by atoms with Crippen molar-refractivity contribution in [1.29, 1.82) is 0 Å². The molecule has 180 valence electrons. The van der Waals surface area contributed by atoms with Gasteiger partial charge in [0, 0.05) is 17.0 Å². The molecule has 35 heavy (non-hydrogen) atoms. The molecule has 1 saturated heterocycles. The summed E-state index contributed by atoms with van der Waals surface area (Å²) in [7, 11) is 0. The van der Waals surface area contributed by atoms with Crippen LogP contribution in [0.4, 0.5) is 4.79 Å². The first-order valence-corrected chi connectivity index (χ1v) is 12.2. The van der Waals surface area contributed by atoms with Crippen molar-refractivity contribution in [2.45, 2.75) is 51.7 Å². The third kappa shape index (κ3) is 4.81. The van der Waals surface area contributed by atoms with Gasteiger partial charge in [-0.15, -0.1) is 0 Å². The molecule has 1 unspecified atom stereocenters. The zero-order valence-electron chi connectivity index (χ0n) is 20.8. The van der Waals surface area contributed by atoms with Gasteiger partial charge in [0.05, 0.1) is 11.1 Å². The van der Waals surface area contributed by atoms with Crippen molar-refractivity contribution in [1.82, 2.24) is 10.3 Å². The molecule has 0 bridgehead atoms. The smallest absolute Gasteiger partial charge is 0.408 e. The number of hydrogen-bond donors (Lipinski definition) is 1. The quantitative estimate of drug-likeness (QED) is 0.346. The summed E-state index contributed by atoms with van der Waals surface area (Å²) in [5.74, 6) is 1.17. The SMILES string of the molecule is CC1CC(C)(C)OC(=O)N[C@](C)(COc2ccc(-c3ccnc4ccccc34)c3ccccc23)C1. The Bertz CT molecular complexity index is 1390. The van der Waals surface area contributed by atoms with Crippen LogP contribution in [0.1, 0.15) is 40.5 Å². The van der Waals surface area contributed by atoms with E-state index in [2.05, 4.69) is 53.6 Å². The van der Waals surface area contributed by atoms with Crippen LogP contribution in [0.25, 0.3) is 32.8 Å². The number of nitrogens with one attached hydrogen (secondary N) is 1. The molecule has 1 fully saturated rings. The van der Waals surface area contributed by atoms with E-state index in [-0.39, 0.29) is 0 Å². The zero-order chi connectivity index (χ0) is 24.6. The lowest BCUT2D eigenvalue weighted by Gasteiger charge is -2.39. The number of alkyl carbamates (subject to hydrolysis) is 1. The Morgan fingerprint density at radius 2 is 1.60 bits per heavy atom. The van der Waals surface area contributed by atoms with Crippen molar-refractivity contribution in [3.8, 4) is 16.9 Å². The fourth-order valence-electron chi connectivity index (χ4n) is 5.59. The molecule has 5 heteroatoms. The number of benzene rings is 3. The molecule has 2 atom stereocenters. The number of carbonyl (C=O) groups excluding carboxylic acids is 1. The number of hydrogen-bond acceptors (Lipinski definition) is 4. The topological polar surface area (TPSA) is 60.5 Å². The molecule has 3 aromatic carbocycles. The monoisotopic (exact) mass is 468 g/mol. The van der Waals surface area contributed by atoms with Crippen molar-refractivity contribution in [2.75, 3.05) is 6.61 Å². The van der Waals surface area contributed by atoms with Crippen LogP contribution in [-0.4, -0.2) is 28.8 Å². The largest absolute Gasteiger partial charge is 0.491 e. The van der Waals surface area contributed by atoms with Crippen LogP contribution < -0.4 is 10.1 Å². The second-order valence-corrected chi connectivity index (χ2v) is 10.7. The molecule has 5 nitrogen and oxygen atoms in total. The van der Waals surface area contributed by atoms with Gasteiger partial charge in [-0.05, 0) is 74.2 Å². The molecule has 1 aliphatic heterocycles. The lowest BCUT2D eigenvalue weighted by molar-refractivity contribution is -0.00384. The van der Waals surface area contributed by atoms with E-state index in [4.69, 9.17) is 9.47 Å². The van der Waals surface area contributed by atoms with E-state index in [1.54, 1.807) is 0 Å². The highest BCUT2D eigenvalue weighted by molar-refractivity contribution is 6.06. The zero-order valence-corrected chi connectivity index (χ0v) is 20.8. The van der Waals surface area contributed by atoms with Crippen molar-refractivity contribution < 1.29 is 14.3 Å². The summed E-state index contributed by atoms with van der Waals surface area (Å²) in [5, 5.41) is 6.34. The Balaban J connectivity index is 1.47. The van der Waals surface area contributed by atoms with Gasteiger partial charge in [-0.3, -0.25) is 4.98 Å². The van der Waals surface area contributed by atoms with Crippen molar-refractivity contribution in [2.24, 2.45) is 5.92 Å². The molecule has 1 amide bonds. The van der Waals surface area contributed by atoms with E-state index in [1.165, 1.54) is 0 Å². The first-order chi connectivity index (χ1) is 16.7. The molecule has 0 aliphatic carbocycles. The lowest BCUT2D eigenvalue weighted by atomic mass is 9.83. The number of cyclic esters (lactones) is 1. The third-order valence-electron chi connectivity index (χ3n) is 6.78. The predicted octanol–water partition coefficient (Wildman–Crippen LogP) is 7.13. The van der Waals surface area contributed by atoms with Crippen LogP contribution >= 0.6 is 0 Å². The highest BCUT2D eigenvalue weighted by atomic mass is 16.6. The Kier molecular flexibility index (Phi) is 5.87. The number of fused-ring (bicyclic) bond motifs is 2. The maximum absolute atomic E-state index is 12.5. The number of nitrogens with zero attached hydrogens (tertiary/aromatic N) is 1. The minimum Gasteiger partial charge on any atom is -0.491 e. The minimum absolute atomic E-state index is 0.356. The van der Waals surface area contributed by atoms with Gasteiger partial charge >= 0.3 is 6.09 Å². The molecule has 0 spiro atoms. The first kappa shape index (κ1) is 23.2. The Morgan fingerprint density at radius 1 is 0.914 bits per heavy atom. The first-order valence-electron chi connectivity index (χ1n) is 12.2. The van der Waals surface area contributed by atoms with Gasteiger partial charge in [0.1, 0.15) is 18.0 Å². The summed E-state index contributed by atoms with van der Waals surface area (Å²) in [6.07, 6.45) is 3.09. The van der Waals surface area contributed by atoms with E-state index in [0.717, 1.165) is 51.4 Å². The van der Waals surface area contributed by atoms with Crippen molar-refractivity contribution in [3.05, 3.63) is 72.9 Å². The van der Waals surface area contributed by atoms with Gasteiger partial charge in [-0.1, -0.05) is 55.5 Å². The average molecular weight is 469 g/mol. The number of para-hydroxylation sites is 1. The van der Waals surface area contributed by atoms with Gasteiger partial charge in [-0.2, -0.15) is 0 Å². The fourth-order valence-corrected chi connectivity index (χ4v) is 5.59. The summed E-state index contributed by atoms with van der Waals surface area (Å²) < 4.78 is 12.1. The molecule has 4 aromatic rings. The molecule has 0 saturated carbocycles. The number of rotatable bonds is 4. The summed E-state index contributed by atoms with van der Waals surface area (Å²) in [6, 6.07) is 22.7. The number of aromatic nitrogens is 1. The number of ether oxygens (including phenoxy) is 2. The standard InChI is InChI=1S/C30H32N2O3/c1-20-17-29(2,3)35-28(33)32-30(4,18-20)19-34-27-14-13-22(21-9-5-6-11-25(21)27)23-15-16-31-26-12-8-7-10-24(23)26/h5-16,20H,17-19H2,1-4H3,(H,32,33)/t20?,30-/m0/s1. The van der Waals surface area contributed by atoms with Crippen molar-refractivity contribution in [3.63, 3.8) is 0 Å². The highest BCUT2D eigenvalue weighted by Crippen LogP contribution is 2.38. The van der Waals surface area contributed by atoms with Crippen LogP contribution in [-0.2, 0) is 4.74 Å². The van der Waals surface area contributed by atoms with Crippen LogP contribution in [0.2, 0.25) is 0 Å². The number of pyridine rings is 1. The maximum Gasteiger partial charge on any atom is 0.408 e. The van der Waals surface area contributed by atoms with E-state index in [0.29, 0.717) is 12.5 Å². The minimum atomic E-state index is -0.534. The van der Waals surface area contributed by atoms with Crippen LogP contribution in [0.3, 0.4) is 0 Å². The number of amides is 1. The summed E-state index contributed by atoms with van der Waals surface area (Å²) in [4.78, 5) is 17.0. The summed E-state index contributed by atoms with van der Waals surface area (Å²) >= 11 is 0. The fraction of sp³-hybridized carbons (Fsp3) is 0.333. The summed E-state index contributed by atoms with van der Waals surface area (Å²) in [5.41, 5.74) is 2.25. The molecule has 5 rings (SSSR count). The van der Waals surface area contributed by atoms with Crippen LogP contribution in [0.5, 0.6) is 5.75 Å². The molecule has 2 heterocycles. The van der Waals surface area contributed by atoms with Gasteiger partial charge < -0.3 is 14.8 Å². The summed E-state index contributed by atoms with van der Waals surface area (Å²) in [6.45, 7) is 8.51. The molecular formula is C30H32N2O3. The molecule has 1 aliphatic rings. The Labute approximate surface area is 206 Å².